The largest absolute Gasteiger partial charge is 0.491 e. The van der Waals surface area contributed by atoms with Gasteiger partial charge in [0.2, 0.25) is 0 Å². The molecule has 0 saturated heterocycles. The number of amides is 1. The molecular formula is C16H19BrF3N3O3. The molecule has 1 N–H and O–H groups in total. The molecule has 0 bridgehead atoms. The molecule has 2 rings (SSSR count). The monoisotopic (exact) mass is 437 g/mol. The van der Waals surface area contributed by atoms with Crippen molar-refractivity contribution in [3.63, 3.8) is 0 Å². The summed E-state index contributed by atoms with van der Waals surface area (Å²) >= 11 is 3.26. The van der Waals surface area contributed by atoms with Crippen LogP contribution in [0.4, 0.5) is 18.0 Å². The molecule has 1 aliphatic heterocycles. The average Bonchev–Trinajstić information content (AvgIpc) is 3.31. The van der Waals surface area contributed by atoms with E-state index in [9.17, 15) is 18.0 Å². The van der Waals surface area contributed by atoms with Crippen molar-refractivity contribution in [3.05, 3.63) is 29.3 Å². The van der Waals surface area contributed by atoms with Gasteiger partial charge in [-0.3, -0.25) is 0 Å². The highest BCUT2D eigenvalue weighted by Gasteiger charge is 2.65. The molecule has 0 fully saturated rings. The third-order valence-electron chi connectivity index (χ3n) is 3.34. The second kappa shape index (κ2) is 7.42. The maximum atomic E-state index is 13.1. The molecule has 0 aromatic heterocycles. The number of rotatable bonds is 6. The van der Waals surface area contributed by atoms with Gasteiger partial charge in [-0.15, -0.1) is 10.2 Å². The van der Waals surface area contributed by atoms with E-state index < -0.39 is 23.5 Å². The highest BCUT2D eigenvalue weighted by atomic mass is 79.9. The number of carbonyl (C=O) groups is 1. The molecule has 26 heavy (non-hydrogen) atoms. The van der Waals surface area contributed by atoms with Crippen molar-refractivity contribution in [1.29, 1.82) is 0 Å². The Hall–Kier alpha value is -1.84. The normalized spacial score (nSPS) is 15.5. The first-order valence-electron chi connectivity index (χ1n) is 7.78. The van der Waals surface area contributed by atoms with E-state index in [0.717, 1.165) is 0 Å². The van der Waals surface area contributed by atoms with Gasteiger partial charge in [0.1, 0.15) is 18.0 Å². The van der Waals surface area contributed by atoms with Crippen LogP contribution in [0.1, 0.15) is 31.9 Å². The summed E-state index contributed by atoms with van der Waals surface area (Å²) in [6.07, 6.45) is -5.19. The van der Waals surface area contributed by atoms with Crippen LogP contribution >= 0.6 is 15.9 Å². The molecule has 144 valence electrons. The maximum absolute atomic E-state index is 13.1. The van der Waals surface area contributed by atoms with Gasteiger partial charge < -0.3 is 14.8 Å². The number of alkyl halides is 4. The number of nitrogens with zero attached hydrogens (tertiary/aromatic N) is 2. The number of hydrogen-bond donors (Lipinski definition) is 1. The first-order chi connectivity index (χ1) is 12.0. The lowest BCUT2D eigenvalue weighted by molar-refractivity contribution is -0.166. The number of halogens is 4. The van der Waals surface area contributed by atoms with Gasteiger partial charge in [-0.1, -0.05) is 28.1 Å². The fourth-order valence-electron chi connectivity index (χ4n) is 2.09. The van der Waals surface area contributed by atoms with Crippen LogP contribution in [0.3, 0.4) is 0 Å². The summed E-state index contributed by atoms with van der Waals surface area (Å²) in [5.74, 6) is 0.270. The zero-order chi connectivity index (χ0) is 19.6. The minimum absolute atomic E-state index is 0.0655. The molecular weight excluding hydrogens is 419 g/mol. The Morgan fingerprint density at radius 1 is 1.27 bits per heavy atom. The Balaban J connectivity index is 1.99. The van der Waals surface area contributed by atoms with E-state index in [-0.39, 0.29) is 24.5 Å². The van der Waals surface area contributed by atoms with Gasteiger partial charge in [0.05, 0.1) is 6.54 Å². The molecule has 0 aliphatic carbocycles. The van der Waals surface area contributed by atoms with E-state index in [1.54, 1.807) is 20.8 Å². The second-order valence-electron chi connectivity index (χ2n) is 6.60. The summed E-state index contributed by atoms with van der Waals surface area (Å²) < 4.78 is 50.0. The fraction of sp³-hybridized carbons (Fsp3) is 0.562. The molecule has 0 saturated carbocycles. The molecule has 0 radical (unpaired) electrons. The van der Waals surface area contributed by atoms with Gasteiger partial charge in [0, 0.05) is 16.5 Å². The van der Waals surface area contributed by atoms with Crippen LogP contribution < -0.4 is 10.1 Å². The van der Waals surface area contributed by atoms with Crippen LogP contribution in [0.15, 0.2) is 28.4 Å². The predicted octanol–water partition coefficient (Wildman–Crippen LogP) is 4.67. The van der Waals surface area contributed by atoms with Crippen molar-refractivity contribution in [2.24, 2.45) is 10.2 Å². The quantitative estimate of drug-likeness (QED) is 0.519. The van der Waals surface area contributed by atoms with Crippen molar-refractivity contribution in [3.8, 4) is 5.75 Å². The van der Waals surface area contributed by atoms with Crippen molar-refractivity contribution in [1.82, 2.24) is 5.32 Å². The molecule has 10 heteroatoms. The standard InChI is InChI=1S/C16H19BrF3N3O3/c1-14(2,3)26-13(24)21-6-7-25-12-8-11(5-4-10(12)9-17)15(22-23-15)16(18,19)20/h4-5,8H,6-7,9H2,1-3H3,(H,21,24). The first-order valence-corrected chi connectivity index (χ1v) is 8.90. The highest BCUT2D eigenvalue weighted by Crippen LogP contribution is 2.53. The molecule has 1 aliphatic rings. The molecule has 0 unspecified atom stereocenters. The third kappa shape index (κ3) is 4.87. The zero-order valence-electron chi connectivity index (χ0n) is 14.5. The van der Waals surface area contributed by atoms with E-state index in [4.69, 9.17) is 9.47 Å². The SMILES string of the molecule is CC(C)(C)OC(=O)NCCOc1cc(C2(C(F)(F)F)N=N2)ccc1CBr. The summed E-state index contributed by atoms with van der Waals surface area (Å²) in [4.78, 5) is 11.6. The number of ether oxygens (including phenoxy) is 2. The van der Waals surface area contributed by atoms with Crippen LogP contribution in [0.25, 0.3) is 0 Å². The lowest BCUT2D eigenvalue weighted by Gasteiger charge is -2.20. The van der Waals surface area contributed by atoms with Gasteiger partial charge in [-0.25, -0.2) is 4.79 Å². The zero-order valence-corrected chi connectivity index (χ0v) is 16.1. The number of nitrogens with one attached hydrogen (secondary N) is 1. The summed E-state index contributed by atoms with van der Waals surface area (Å²) in [7, 11) is 0. The summed E-state index contributed by atoms with van der Waals surface area (Å²) in [5, 5.41) is 9.28. The van der Waals surface area contributed by atoms with E-state index >= 15 is 0 Å². The Bertz CT molecular complexity index is 696. The fourth-order valence-corrected chi connectivity index (χ4v) is 2.55. The minimum atomic E-state index is -4.60. The van der Waals surface area contributed by atoms with Gasteiger partial charge in [-0.05, 0) is 26.8 Å². The number of benzene rings is 1. The second-order valence-corrected chi connectivity index (χ2v) is 7.16. The Morgan fingerprint density at radius 3 is 2.42 bits per heavy atom. The lowest BCUT2D eigenvalue weighted by Crippen LogP contribution is -2.34. The Labute approximate surface area is 157 Å². The van der Waals surface area contributed by atoms with Crippen LogP contribution in [-0.2, 0) is 15.7 Å². The van der Waals surface area contributed by atoms with Crippen molar-refractivity contribution >= 4 is 22.0 Å². The number of hydrogen-bond acceptors (Lipinski definition) is 5. The topological polar surface area (TPSA) is 72.3 Å². The van der Waals surface area contributed by atoms with Gasteiger partial charge in [-0.2, -0.15) is 13.2 Å². The molecule has 6 nitrogen and oxygen atoms in total. The van der Waals surface area contributed by atoms with Crippen LogP contribution in [-0.4, -0.2) is 31.0 Å². The summed E-state index contributed by atoms with van der Waals surface area (Å²) in [6, 6.07) is 4.13. The van der Waals surface area contributed by atoms with E-state index in [1.165, 1.54) is 18.2 Å². The lowest BCUT2D eigenvalue weighted by atomic mass is 10.0. The van der Waals surface area contributed by atoms with Crippen LogP contribution in [0, 0.1) is 0 Å². The maximum Gasteiger partial charge on any atom is 0.442 e. The summed E-state index contributed by atoms with van der Waals surface area (Å²) in [5.41, 5.74) is -2.55. The van der Waals surface area contributed by atoms with Crippen LogP contribution in [0.2, 0.25) is 0 Å². The predicted molar refractivity (Wildman–Crippen MR) is 91.4 cm³/mol. The smallest absolute Gasteiger partial charge is 0.442 e. The Morgan fingerprint density at radius 2 is 1.92 bits per heavy atom. The van der Waals surface area contributed by atoms with Gasteiger partial charge in [0.15, 0.2) is 0 Å². The van der Waals surface area contributed by atoms with Crippen molar-refractivity contribution in [2.75, 3.05) is 13.2 Å². The molecule has 1 aromatic carbocycles. The molecule has 1 heterocycles. The number of carbonyl (C=O) groups excluding carboxylic acids is 1. The van der Waals surface area contributed by atoms with E-state index in [1.807, 2.05) is 0 Å². The molecule has 1 aromatic rings. The van der Waals surface area contributed by atoms with Crippen molar-refractivity contribution < 1.29 is 27.4 Å². The average molecular weight is 438 g/mol. The molecule has 1 amide bonds. The Kier molecular flexibility index (Phi) is 5.84. The van der Waals surface area contributed by atoms with Gasteiger partial charge >= 0.3 is 17.9 Å². The minimum Gasteiger partial charge on any atom is -0.491 e. The van der Waals surface area contributed by atoms with Crippen molar-refractivity contribution in [2.45, 2.75) is 43.5 Å². The first kappa shape index (κ1) is 20.5. The van der Waals surface area contributed by atoms with Gasteiger partial charge in [0.25, 0.3) is 0 Å². The van der Waals surface area contributed by atoms with E-state index in [0.29, 0.717) is 10.9 Å². The third-order valence-corrected chi connectivity index (χ3v) is 3.94. The molecule has 0 spiro atoms. The summed E-state index contributed by atoms with van der Waals surface area (Å²) in [6.45, 7) is 5.42. The van der Waals surface area contributed by atoms with E-state index in [2.05, 4.69) is 31.5 Å². The molecule has 0 atom stereocenters. The highest BCUT2D eigenvalue weighted by molar-refractivity contribution is 9.08. The number of alkyl carbamates (subject to hydrolysis) is 1. The van der Waals surface area contributed by atoms with Crippen LogP contribution in [0.5, 0.6) is 5.75 Å².